The quantitative estimate of drug-likeness (QED) is 0.400. The van der Waals surface area contributed by atoms with Crippen LogP contribution in [0.25, 0.3) is 0 Å². The Hall–Kier alpha value is -0.585. The van der Waals surface area contributed by atoms with Crippen LogP contribution in [0.5, 0.6) is 0 Å². The first kappa shape index (κ1) is 12.5. The zero-order valence-electron chi connectivity index (χ0n) is 8.98. The van der Waals surface area contributed by atoms with Crippen LogP contribution in [0.2, 0.25) is 6.32 Å². The second-order valence-electron chi connectivity index (χ2n) is 3.88. The average Bonchev–Trinajstić information content (AvgIpc) is 2.61. The monoisotopic (exact) mass is 215 g/mol. The first-order valence-corrected chi connectivity index (χ1v) is 5.30. The number of aliphatic carboxylic acids is 1. The third kappa shape index (κ3) is 3.19. The van der Waals surface area contributed by atoms with Gasteiger partial charge in [-0.05, 0) is 6.42 Å². The van der Waals surface area contributed by atoms with E-state index in [9.17, 15) is 4.79 Å². The fraction of sp³-hybridized carbons (Fsp3) is 0.889. The minimum Gasteiger partial charge on any atom is -0.480 e. The molecule has 0 aromatic carbocycles. The summed E-state index contributed by atoms with van der Waals surface area (Å²) in [4.78, 5) is 10.9. The van der Waals surface area contributed by atoms with E-state index in [0.29, 0.717) is 6.54 Å². The predicted molar refractivity (Wildman–Crippen MR) is 57.1 cm³/mol. The number of nitrogens with one attached hydrogen (secondary N) is 1. The fourth-order valence-electron chi connectivity index (χ4n) is 2.13. The van der Waals surface area contributed by atoms with Crippen LogP contribution in [0.1, 0.15) is 12.8 Å². The van der Waals surface area contributed by atoms with Crippen molar-refractivity contribution >= 4 is 13.5 Å². The molecule has 15 heavy (non-hydrogen) atoms. The second kappa shape index (κ2) is 6.10. The topological polar surface area (TPSA) is 78.8 Å². The van der Waals surface area contributed by atoms with Gasteiger partial charge in [0.05, 0.1) is 6.10 Å². The minimum atomic E-state index is -0.816. The predicted octanol–water partition coefficient (Wildman–Crippen LogP) is -0.784. The summed E-state index contributed by atoms with van der Waals surface area (Å²) < 4.78 is 5.25. The maximum Gasteiger partial charge on any atom is 0.321 e. The molecule has 1 rings (SSSR count). The van der Waals surface area contributed by atoms with E-state index in [1.807, 2.05) is 0 Å². The summed E-state index contributed by atoms with van der Waals surface area (Å²) in [7, 11) is 1.77. The van der Waals surface area contributed by atoms with Crippen molar-refractivity contribution in [2.45, 2.75) is 31.3 Å². The number of rotatable bonds is 6. The molecule has 5 nitrogen and oxygen atoms in total. The molecule has 6 heteroatoms. The molecule has 1 aliphatic heterocycles. The van der Waals surface area contributed by atoms with E-state index in [0.717, 1.165) is 19.2 Å². The van der Waals surface area contributed by atoms with Gasteiger partial charge in [-0.2, -0.15) is 0 Å². The largest absolute Gasteiger partial charge is 0.480 e. The van der Waals surface area contributed by atoms with Gasteiger partial charge in [-0.25, -0.2) is 0 Å². The van der Waals surface area contributed by atoms with E-state index >= 15 is 0 Å². The van der Waals surface area contributed by atoms with Crippen LogP contribution in [-0.2, 0) is 9.53 Å². The van der Waals surface area contributed by atoms with E-state index in [1.165, 1.54) is 0 Å². The summed E-state index contributed by atoms with van der Waals surface area (Å²) in [5, 5.41) is 20.6. The maximum absolute atomic E-state index is 10.9. The Balaban J connectivity index is 2.48. The number of carboxylic acid groups (broad SMARTS) is 1. The number of carbonyl (C=O) groups is 1. The van der Waals surface area contributed by atoms with Gasteiger partial charge in [0, 0.05) is 19.6 Å². The molecule has 0 aromatic heterocycles. The molecular formula is C9H18BNO4. The number of ether oxygens (including phenoxy) is 1. The highest BCUT2D eigenvalue weighted by Crippen LogP contribution is 2.24. The lowest BCUT2D eigenvalue weighted by molar-refractivity contribution is -0.140. The number of methoxy groups -OCH3 is 1. The number of hydrogen-bond acceptors (Lipinski definition) is 4. The van der Waals surface area contributed by atoms with Crippen molar-refractivity contribution in [3.63, 3.8) is 0 Å². The van der Waals surface area contributed by atoms with Crippen LogP contribution in [0.3, 0.4) is 0 Å². The summed E-state index contributed by atoms with van der Waals surface area (Å²) in [6.07, 6.45) is 2.32. The lowest BCUT2D eigenvalue weighted by Gasteiger charge is -2.20. The molecule has 1 heterocycles. The highest BCUT2D eigenvalue weighted by Gasteiger charge is 2.39. The lowest BCUT2D eigenvalue weighted by Crippen LogP contribution is -2.36. The van der Waals surface area contributed by atoms with Crippen molar-refractivity contribution in [2.75, 3.05) is 13.7 Å². The van der Waals surface area contributed by atoms with Gasteiger partial charge in [0.25, 0.3) is 7.48 Å². The van der Waals surface area contributed by atoms with Crippen molar-refractivity contribution in [3.05, 3.63) is 0 Å². The van der Waals surface area contributed by atoms with Crippen LogP contribution in [0.15, 0.2) is 0 Å². The molecule has 3 N–H and O–H groups in total. The molecular weight excluding hydrogens is 197 g/mol. The Morgan fingerprint density at radius 1 is 1.67 bits per heavy atom. The van der Waals surface area contributed by atoms with Gasteiger partial charge in [-0.3, -0.25) is 4.79 Å². The Labute approximate surface area is 90.1 Å². The summed E-state index contributed by atoms with van der Waals surface area (Å²) in [5.41, 5.74) is 0. The molecule has 0 aromatic rings. The number of carboxylic acids is 1. The minimum absolute atomic E-state index is 0.0130. The molecule has 1 aliphatic rings. The van der Waals surface area contributed by atoms with E-state index < -0.39 is 12.0 Å². The van der Waals surface area contributed by atoms with Gasteiger partial charge in [-0.15, -0.1) is 0 Å². The molecule has 0 bridgehead atoms. The van der Waals surface area contributed by atoms with Crippen molar-refractivity contribution < 1.29 is 19.7 Å². The maximum atomic E-state index is 10.9. The fourth-order valence-corrected chi connectivity index (χ4v) is 2.13. The van der Waals surface area contributed by atoms with Crippen LogP contribution in [0, 0.1) is 5.92 Å². The third-order valence-corrected chi connectivity index (χ3v) is 2.96. The molecule has 3 atom stereocenters. The van der Waals surface area contributed by atoms with Crippen LogP contribution < -0.4 is 5.32 Å². The highest BCUT2D eigenvalue weighted by atomic mass is 16.5. The standard InChI is InChI=1S/C9H18BNO4/c1-15-7-5-11-8(9(12)13)6(7)3-2-4-10-14/h6-8,10-11,14H,2-5H2,1H3,(H,12,13)/t6-,7+,8+/m1/s1. The van der Waals surface area contributed by atoms with Crippen molar-refractivity contribution in [3.8, 4) is 0 Å². The van der Waals surface area contributed by atoms with Gasteiger partial charge >= 0.3 is 5.97 Å². The van der Waals surface area contributed by atoms with E-state index in [1.54, 1.807) is 7.11 Å². The Morgan fingerprint density at radius 3 is 2.93 bits per heavy atom. The summed E-state index contributed by atoms with van der Waals surface area (Å²) in [6, 6.07) is -0.506. The molecule has 86 valence electrons. The van der Waals surface area contributed by atoms with Gasteiger partial charge < -0.3 is 20.2 Å². The Kier molecular flexibility index (Phi) is 5.07. The Morgan fingerprint density at radius 2 is 2.40 bits per heavy atom. The highest BCUT2D eigenvalue weighted by molar-refractivity contribution is 6.25. The summed E-state index contributed by atoms with van der Waals surface area (Å²) in [5.74, 6) is -0.803. The molecule has 0 spiro atoms. The Bertz CT molecular complexity index is 214. The van der Waals surface area contributed by atoms with Gasteiger partial charge in [0.1, 0.15) is 6.04 Å². The van der Waals surface area contributed by atoms with Gasteiger partial charge in [0.2, 0.25) is 0 Å². The molecule has 1 fully saturated rings. The molecule has 0 radical (unpaired) electrons. The first-order valence-electron chi connectivity index (χ1n) is 5.30. The summed E-state index contributed by atoms with van der Waals surface area (Å²) >= 11 is 0. The molecule has 0 unspecified atom stereocenters. The summed E-state index contributed by atoms with van der Waals surface area (Å²) in [6.45, 7) is 0.595. The van der Waals surface area contributed by atoms with E-state index in [4.69, 9.17) is 14.9 Å². The lowest BCUT2D eigenvalue weighted by atomic mass is 9.86. The molecule has 1 saturated heterocycles. The van der Waals surface area contributed by atoms with Gasteiger partial charge in [0.15, 0.2) is 0 Å². The smallest absolute Gasteiger partial charge is 0.321 e. The zero-order valence-corrected chi connectivity index (χ0v) is 8.98. The average molecular weight is 215 g/mol. The molecule has 0 saturated carbocycles. The number of hydrogen-bond donors (Lipinski definition) is 3. The normalized spacial score (nSPS) is 30.4. The van der Waals surface area contributed by atoms with Crippen LogP contribution in [0.4, 0.5) is 0 Å². The van der Waals surface area contributed by atoms with Crippen molar-refractivity contribution in [1.29, 1.82) is 0 Å². The van der Waals surface area contributed by atoms with Crippen molar-refractivity contribution in [1.82, 2.24) is 5.32 Å². The SMILES string of the molecule is CO[C@H]1CN[C@H](C(=O)O)[C@@H]1CCCBO. The zero-order chi connectivity index (χ0) is 11.3. The van der Waals surface area contributed by atoms with E-state index in [-0.39, 0.29) is 19.5 Å². The van der Waals surface area contributed by atoms with E-state index in [2.05, 4.69) is 5.32 Å². The third-order valence-electron chi connectivity index (χ3n) is 2.96. The molecule has 0 amide bonds. The second-order valence-corrected chi connectivity index (χ2v) is 3.88. The van der Waals surface area contributed by atoms with Crippen molar-refractivity contribution in [2.24, 2.45) is 5.92 Å². The van der Waals surface area contributed by atoms with Crippen LogP contribution >= 0.6 is 0 Å². The molecule has 0 aliphatic carbocycles. The first-order chi connectivity index (χ1) is 7.20. The van der Waals surface area contributed by atoms with Crippen LogP contribution in [-0.4, -0.2) is 49.4 Å². The van der Waals surface area contributed by atoms with Gasteiger partial charge in [-0.1, -0.05) is 12.7 Å².